The van der Waals surface area contributed by atoms with E-state index in [1.807, 2.05) is 36.9 Å². The molecule has 2 atom stereocenters. The second-order valence-corrected chi connectivity index (χ2v) is 9.00. The van der Waals surface area contributed by atoms with Crippen molar-refractivity contribution in [3.05, 3.63) is 95.6 Å². The monoisotopic (exact) mass is 426 g/mol. The second kappa shape index (κ2) is 9.90. The third-order valence-electron chi connectivity index (χ3n) is 6.70. The van der Waals surface area contributed by atoms with Gasteiger partial charge in [0.05, 0.1) is 12.7 Å². The van der Waals surface area contributed by atoms with Gasteiger partial charge in [-0.25, -0.2) is 9.97 Å². The summed E-state index contributed by atoms with van der Waals surface area (Å²) in [6.45, 7) is 0. The molecule has 0 amide bonds. The normalized spacial score (nSPS) is 19.4. The van der Waals surface area contributed by atoms with Gasteiger partial charge in [-0.1, -0.05) is 12.1 Å². The Balaban J connectivity index is 0.000000135. The van der Waals surface area contributed by atoms with E-state index < -0.39 is 0 Å². The summed E-state index contributed by atoms with van der Waals surface area (Å²) in [6.07, 6.45) is 20.4. The van der Waals surface area contributed by atoms with Crippen LogP contribution in [0, 0.1) is 11.8 Å². The third-order valence-corrected chi connectivity index (χ3v) is 6.70. The highest BCUT2D eigenvalue weighted by molar-refractivity contribution is 5.24. The fraction of sp³-hybridized carbons (Fsp3) is 0.385. The predicted octanol–water partition coefficient (Wildman–Crippen LogP) is 4.30. The van der Waals surface area contributed by atoms with Crippen LogP contribution in [0.15, 0.2) is 61.7 Å². The Morgan fingerprint density at radius 1 is 0.719 bits per heavy atom. The van der Waals surface area contributed by atoms with Gasteiger partial charge >= 0.3 is 0 Å². The Morgan fingerprint density at radius 2 is 1.22 bits per heavy atom. The molecule has 0 spiro atoms. The molecular weight excluding hydrogens is 396 g/mol. The number of aryl methyl sites for hydroxylation is 2. The van der Waals surface area contributed by atoms with E-state index in [1.54, 1.807) is 12.7 Å². The number of H-pyrrole nitrogens is 2. The van der Waals surface area contributed by atoms with Crippen molar-refractivity contribution in [2.75, 3.05) is 0 Å². The lowest BCUT2D eigenvalue weighted by Crippen LogP contribution is -2.17. The lowest BCUT2D eigenvalue weighted by atomic mass is 9.84. The number of nitrogens with zero attached hydrogens (tertiary/aromatic N) is 4. The molecule has 0 aromatic carbocycles. The van der Waals surface area contributed by atoms with Crippen LogP contribution in [0.4, 0.5) is 0 Å². The Labute approximate surface area is 189 Å². The Bertz CT molecular complexity index is 1010. The van der Waals surface area contributed by atoms with Crippen molar-refractivity contribution in [3.63, 3.8) is 0 Å². The van der Waals surface area contributed by atoms with Crippen molar-refractivity contribution in [3.8, 4) is 0 Å². The van der Waals surface area contributed by atoms with E-state index in [0.717, 1.165) is 25.7 Å². The number of fused-ring (bicyclic) bond motifs is 2. The molecule has 0 bridgehead atoms. The SMILES string of the molecule is c1cnc2c(c1)CCC(Cc1cnc[nH]1)C2.c1cnc2c(c1)CCC(Cc1cnc[nH]1)C2. The van der Waals surface area contributed by atoms with Gasteiger partial charge in [-0.15, -0.1) is 0 Å². The van der Waals surface area contributed by atoms with Gasteiger partial charge in [0.2, 0.25) is 0 Å². The van der Waals surface area contributed by atoms with E-state index in [2.05, 4.69) is 42.0 Å². The number of imidazole rings is 2. The summed E-state index contributed by atoms with van der Waals surface area (Å²) in [6, 6.07) is 8.48. The summed E-state index contributed by atoms with van der Waals surface area (Å²) in [7, 11) is 0. The van der Waals surface area contributed by atoms with Gasteiger partial charge < -0.3 is 9.97 Å². The lowest BCUT2D eigenvalue weighted by Gasteiger charge is -2.22. The molecule has 4 aromatic rings. The smallest absolute Gasteiger partial charge is 0.0921 e. The molecule has 2 unspecified atom stereocenters. The molecule has 6 heteroatoms. The van der Waals surface area contributed by atoms with Crippen molar-refractivity contribution in [1.29, 1.82) is 0 Å². The van der Waals surface area contributed by atoms with Crippen molar-refractivity contribution in [1.82, 2.24) is 29.9 Å². The first-order valence-electron chi connectivity index (χ1n) is 11.6. The highest BCUT2D eigenvalue weighted by Gasteiger charge is 2.20. The lowest BCUT2D eigenvalue weighted by molar-refractivity contribution is 0.445. The van der Waals surface area contributed by atoms with E-state index in [9.17, 15) is 0 Å². The standard InChI is InChI=1S/2C13H15N3/c2*1-2-11-4-3-10(7-13(11)15-5-1)6-12-8-14-9-16-12/h2*1-2,5,8-10H,3-4,6-7H2,(H,14,16). The largest absolute Gasteiger partial charge is 0.348 e. The molecule has 0 saturated carbocycles. The van der Waals surface area contributed by atoms with Gasteiger partial charge in [-0.2, -0.15) is 0 Å². The molecule has 32 heavy (non-hydrogen) atoms. The van der Waals surface area contributed by atoms with Crippen LogP contribution in [0.2, 0.25) is 0 Å². The van der Waals surface area contributed by atoms with Crippen LogP contribution in [-0.2, 0) is 38.5 Å². The zero-order valence-corrected chi connectivity index (χ0v) is 18.4. The maximum atomic E-state index is 4.47. The van der Waals surface area contributed by atoms with Crippen molar-refractivity contribution in [2.24, 2.45) is 11.8 Å². The summed E-state index contributed by atoms with van der Waals surface area (Å²) in [5.41, 5.74) is 7.93. The first-order chi connectivity index (χ1) is 15.8. The van der Waals surface area contributed by atoms with Crippen molar-refractivity contribution < 1.29 is 0 Å². The summed E-state index contributed by atoms with van der Waals surface area (Å²) in [5, 5.41) is 0. The number of hydrogen-bond donors (Lipinski definition) is 2. The van der Waals surface area contributed by atoms with Crippen LogP contribution >= 0.6 is 0 Å². The minimum atomic E-state index is 0.711. The zero-order chi connectivity index (χ0) is 21.6. The summed E-state index contributed by atoms with van der Waals surface area (Å²) in [5.74, 6) is 1.42. The zero-order valence-electron chi connectivity index (χ0n) is 18.4. The average molecular weight is 427 g/mol. The van der Waals surface area contributed by atoms with Crippen LogP contribution in [0.5, 0.6) is 0 Å². The maximum absolute atomic E-state index is 4.47. The molecule has 0 radical (unpaired) electrons. The molecule has 2 aliphatic rings. The van der Waals surface area contributed by atoms with E-state index in [-0.39, 0.29) is 0 Å². The van der Waals surface area contributed by atoms with E-state index in [4.69, 9.17) is 0 Å². The first kappa shape index (κ1) is 20.6. The topological polar surface area (TPSA) is 83.1 Å². The van der Waals surface area contributed by atoms with Gasteiger partial charge in [-0.3, -0.25) is 9.97 Å². The van der Waals surface area contributed by atoms with E-state index in [1.165, 1.54) is 59.6 Å². The van der Waals surface area contributed by atoms with Crippen LogP contribution in [-0.4, -0.2) is 29.9 Å². The molecule has 164 valence electrons. The highest BCUT2D eigenvalue weighted by Crippen LogP contribution is 2.26. The van der Waals surface area contributed by atoms with Gasteiger partial charge in [0.15, 0.2) is 0 Å². The van der Waals surface area contributed by atoms with Gasteiger partial charge in [0, 0.05) is 47.6 Å². The summed E-state index contributed by atoms with van der Waals surface area (Å²) in [4.78, 5) is 23.4. The van der Waals surface area contributed by atoms with Crippen molar-refractivity contribution >= 4 is 0 Å². The molecule has 6 rings (SSSR count). The Morgan fingerprint density at radius 3 is 1.66 bits per heavy atom. The third kappa shape index (κ3) is 5.13. The van der Waals surface area contributed by atoms with Crippen LogP contribution in [0.1, 0.15) is 46.7 Å². The molecule has 2 N–H and O–H groups in total. The van der Waals surface area contributed by atoms with Gasteiger partial charge in [0.25, 0.3) is 0 Å². The molecule has 0 aliphatic heterocycles. The van der Waals surface area contributed by atoms with Crippen LogP contribution in [0.25, 0.3) is 0 Å². The minimum absolute atomic E-state index is 0.711. The molecule has 4 aromatic heterocycles. The summed E-state index contributed by atoms with van der Waals surface area (Å²) < 4.78 is 0. The Hall–Kier alpha value is -3.28. The molecular formula is C26H30N6. The van der Waals surface area contributed by atoms with E-state index in [0.29, 0.717) is 11.8 Å². The maximum Gasteiger partial charge on any atom is 0.0921 e. The van der Waals surface area contributed by atoms with E-state index >= 15 is 0 Å². The molecule has 0 fully saturated rings. The minimum Gasteiger partial charge on any atom is -0.348 e. The number of aromatic nitrogens is 6. The first-order valence-corrected chi connectivity index (χ1v) is 11.6. The fourth-order valence-corrected chi connectivity index (χ4v) is 5.00. The molecule has 0 saturated heterocycles. The number of hydrogen-bond acceptors (Lipinski definition) is 4. The average Bonchev–Trinajstić information content (AvgIpc) is 3.54. The predicted molar refractivity (Wildman–Crippen MR) is 124 cm³/mol. The number of aromatic amines is 2. The molecule has 6 nitrogen and oxygen atoms in total. The molecule has 2 aliphatic carbocycles. The number of rotatable bonds is 4. The second-order valence-electron chi connectivity index (χ2n) is 9.00. The van der Waals surface area contributed by atoms with Gasteiger partial charge in [-0.05, 0) is 86.5 Å². The number of pyridine rings is 2. The highest BCUT2D eigenvalue weighted by atomic mass is 14.9. The van der Waals surface area contributed by atoms with Crippen molar-refractivity contribution in [2.45, 2.75) is 51.4 Å². The van der Waals surface area contributed by atoms with Crippen LogP contribution in [0.3, 0.4) is 0 Å². The fourth-order valence-electron chi connectivity index (χ4n) is 5.00. The van der Waals surface area contributed by atoms with Crippen LogP contribution < -0.4 is 0 Å². The Kier molecular flexibility index (Phi) is 6.37. The van der Waals surface area contributed by atoms with Gasteiger partial charge in [0.1, 0.15) is 0 Å². The number of nitrogens with one attached hydrogen (secondary N) is 2. The molecule has 4 heterocycles. The summed E-state index contributed by atoms with van der Waals surface area (Å²) >= 11 is 0. The quantitative estimate of drug-likeness (QED) is 0.509.